The van der Waals surface area contributed by atoms with Gasteiger partial charge in [0.15, 0.2) is 0 Å². The van der Waals surface area contributed by atoms with E-state index in [1.54, 1.807) is 27.1 Å². The van der Waals surface area contributed by atoms with Gasteiger partial charge in [0.1, 0.15) is 17.8 Å². The normalized spacial score (nSPS) is 34.4. The number of carbonyl (C=O) groups is 3. The highest BCUT2D eigenvalue weighted by atomic mass is 16.6. The van der Waals surface area contributed by atoms with Gasteiger partial charge in [-0.25, -0.2) is 4.79 Å². The Morgan fingerprint density at radius 3 is 2.54 bits per heavy atom. The van der Waals surface area contributed by atoms with Crippen molar-refractivity contribution in [1.82, 2.24) is 15.5 Å². The van der Waals surface area contributed by atoms with Gasteiger partial charge in [0.05, 0.1) is 44.5 Å². The average molecular weight is 578 g/mol. The molecule has 0 aromatic carbocycles. The van der Waals surface area contributed by atoms with E-state index in [0.717, 1.165) is 12.0 Å². The highest BCUT2D eigenvalue weighted by molar-refractivity contribution is 5.88. The van der Waals surface area contributed by atoms with Crippen molar-refractivity contribution in [3.63, 3.8) is 0 Å². The van der Waals surface area contributed by atoms with Gasteiger partial charge >= 0.3 is 12.0 Å². The zero-order valence-electron chi connectivity index (χ0n) is 25.3. The minimum Gasteiger partial charge on any atom is -0.469 e. The number of rotatable bonds is 10. The maximum atomic E-state index is 12.5. The number of urea groups is 1. The molecule has 1 spiro atoms. The lowest BCUT2D eigenvalue weighted by molar-refractivity contribution is -0.157. The largest absolute Gasteiger partial charge is 0.469 e. The number of nitrogens with one attached hydrogen (secondary N) is 2. The van der Waals surface area contributed by atoms with Crippen LogP contribution in [0.1, 0.15) is 53.4 Å². The van der Waals surface area contributed by atoms with Gasteiger partial charge in [0, 0.05) is 32.6 Å². The van der Waals surface area contributed by atoms with Crippen molar-refractivity contribution in [2.75, 3.05) is 27.8 Å². The molecule has 0 aliphatic carbocycles. The summed E-state index contributed by atoms with van der Waals surface area (Å²) in [6.45, 7) is 8.32. The standard InChI is InChI=1S/C30H47N3O8/c1-18(9-12-25-28(36)30(17-39-30)16-22(41-25)15-27(35)38-7)8-11-24-19(2)14-23(21(4)40-24)32-26(34)13-10-20(3)31-29(37)33(5)6/h8-10,12-13,19-25,28,36H,11,14-17H2,1-7H3,(H,31,37)(H,32,34)/b12-9+,13-10-,18-8+/t19-,20-,21+,22+,23+,24-,25+,28+,30+/m0/s1. The van der Waals surface area contributed by atoms with E-state index in [2.05, 4.69) is 23.6 Å². The number of nitrogens with zero attached hydrogens (tertiary/aromatic N) is 1. The second-order valence-electron chi connectivity index (χ2n) is 11.7. The van der Waals surface area contributed by atoms with Gasteiger partial charge in [-0.15, -0.1) is 0 Å². The Bertz CT molecular complexity index is 1020. The van der Waals surface area contributed by atoms with Gasteiger partial charge in [0.25, 0.3) is 0 Å². The van der Waals surface area contributed by atoms with E-state index in [9.17, 15) is 19.5 Å². The first-order chi connectivity index (χ1) is 19.3. The number of hydrogen-bond acceptors (Lipinski definition) is 8. The number of carbonyl (C=O) groups excluding carboxylic acids is 3. The first-order valence-electron chi connectivity index (χ1n) is 14.3. The molecule has 3 aliphatic rings. The zero-order chi connectivity index (χ0) is 30.3. The molecule has 230 valence electrons. The van der Waals surface area contributed by atoms with Crippen LogP contribution in [0, 0.1) is 5.92 Å². The van der Waals surface area contributed by atoms with Crippen molar-refractivity contribution in [2.45, 2.75) is 102 Å². The summed E-state index contributed by atoms with van der Waals surface area (Å²) >= 11 is 0. The molecule has 11 nitrogen and oxygen atoms in total. The minimum atomic E-state index is -0.801. The lowest BCUT2D eigenvalue weighted by atomic mass is 9.87. The SMILES string of the molecule is COC(=O)C[C@@H]1C[C@@]2(CO2)[C@H](O)[C@@H](/C=C/C(C)=C/C[C@@H]2O[C@H](C)[C@H](NC(=O)/C=C\[C@H](C)NC(=O)N(C)C)C[C@@H]2C)O1. The first kappa shape index (κ1) is 32.8. The van der Waals surface area contributed by atoms with Crippen LogP contribution in [-0.4, -0.2) is 104 Å². The van der Waals surface area contributed by atoms with Crippen molar-refractivity contribution in [3.8, 4) is 0 Å². The van der Waals surface area contributed by atoms with Gasteiger partial charge in [0.2, 0.25) is 5.91 Å². The predicted molar refractivity (Wildman–Crippen MR) is 153 cm³/mol. The number of esters is 1. The summed E-state index contributed by atoms with van der Waals surface area (Å²) in [6.07, 6.45) is 9.10. The Morgan fingerprint density at radius 2 is 1.90 bits per heavy atom. The number of epoxide rings is 1. The third-order valence-corrected chi connectivity index (χ3v) is 7.97. The molecule has 3 fully saturated rings. The molecule has 11 heteroatoms. The van der Waals surface area contributed by atoms with E-state index >= 15 is 0 Å². The van der Waals surface area contributed by atoms with Crippen LogP contribution in [0.15, 0.2) is 36.0 Å². The van der Waals surface area contributed by atoms with Crippen LogP contribution in [0.25, 0.3) is 0 Å². The second-order valence-corrected chi connectivity index (χ2v) is 11.7. The molecule has 0 unspecified atom stereocenters. The molecule has 9 atom stereocenters. The maximum absolute atomic E-state index is 12.5. The van der Waals surface area contributed by atoms with Crippen molar-refractivity contribution in [3.05, 3.63) is 36.0 Å². The van der Waals surface area contributed by atoms with Crippen LogP contribution in [0.2, 0.25) is 0 Å². The van der Waals surface area contributed by atoms with Gasteiger partial charge in [-0.05, 0) is 39.5 Å². The van der Waals surface area contributed by atoms with Crippen LogP contribution in [0.5, 0.6) is 0 Å². The van der Waals surface area contributed by atoms with Gasteiger partial charge in [-0.3, -0.25) is 9.59 Å². The Labute approximate surface area is 243 Å². The summed E-state index contributed by atoms with van der Waals surface area (Å²) in [5.41, 5.74) is 0.355. The van der Waals surface area contributed by atoms with Crippen LogP contribution >= 0.6 is 0 Å². The molecule has 0 aromatic rings. The van der Waals surface area contributed by atoms with Gasteiger partial charge in [-0.1, -0.05) is 36.8 Å². The van der Waals surface area contributed by atoms with Crippen LogP contribution in [0.3, 0.4) is 0 Å². The Kier molecular flexibility index (Phi) is 11.5. The average Bonchev–Trinajstić information content (AvgIpc) is 3.69. The maximum Gasteiger partial charge on any atom is 0.317 e. The molecule has 0 radical (unpaired) electrons. The molecule has 41 heavy (non-hydrogen) atoms. The molecule has 3 rings (SSSR count). The van der Waals surface area contributed by atoms with E-state index in [4.69, 9.17) is 18.9 Å². The fraction of sp³-hybridized carbons (Fsp3) is 0.700. The fourth-order valence-electron chi connectivity index (χ4n) is 5.24. The topological polar surface area (TPSA) is 139 Å². The molecular weight excluding hydrogens is 530 g/mol. The molecule has 0 saturated carbocycles. The number of aliphatic hydroxyl groups is 1. The molecule has 3 N–H and O–H groups in total. The van der Waals surface area contributed by atoms with Crippen molar-refractivity contribution < 1.29 is 38.4 Å². The van der Waals surface area contributed by atoms with E-state index in [-0.39, 0.29) is 60.6 Å². The van der Waals surface area contributed by atoms with Crippen molar-refractivity contribution >= 4 is 17.9 Å². The third-order valence-electron chi connectivity index (χ3n) is 7.97. The lowest BCUT2D eigenvalue weighted by Crippen LogP contribution is -2.50. The molecule has 0 bridgehead atoms. The summed E-state index contributed by atoms with van der Waals surface area (Å²) in [5.74, 6) is -0.348. The zero-order valence-corrected chi connectivity index (χ0v) is 25.3. The molecule has 3 heterocycles. The molecule has 3 amide bonds. The summed E-state index contributed by atoms with van der Waals surface area (Å²) < 4.78 is 22.6. The predicted octanol–water partition coefficient (Wildman–Crippen LogP) is 2.24. The van der Waals surface area contributed by atoms with E-state index in [1.807, 2.05) is 26.0 Å². The first-order valence-corrected chi connectivity index (χ1v) is 14.3. The Balaban J connectivity index is 1.48. The summed E-state index contributed by atoms with van der Waals surface area (Å²) in [7, 11) is 4.66. The van der Waals surface area contributed by atoms with E-state index in [0.29, 0.717) is 19.4 Å². The number of allylic oxidation sites excluding steroid dienone is 2. The van der Waals surface area contributed by atoms with Gasteiger partial charge in [-0.2, -0.15) is 0 Å². The monoisotopic (exact) mass is 577 g/mol. The third kappa shape index (κ3) is 9.39. The quantitative estimate of drug-likeness (QED) is 0.156. The molecule has 3 aliphatic heterocycles. The van der Waals surface area contributed by atoms with Crippen LogP contribution < -0.4 is 10.6 Å². The van der Waals surface area contributed by atoms with Crippen molar-refractivity contribution in [1.29, 1.82) is 0 Å². The molecular formula is C30H47N3O8. The number of methoxy groups -OCH3 is 1. The lowest BCUT2D eigenvalue weighted by Gasteiger charge is -2.39. The second kappa shape index (κ2) is 14.4. The van der Waals surface area contributed by atoms with Crippen LogP contribution in [0.4, 0.5) is 4.79 Å². The van der Waals surface area contributed by atoms with Gasteiger partial charge < -0.3 is 39.6 Å². The number of ether oxygens (including phenoxy) is 4. The summed E-state index contributed by atoms with van der Waals surface area (Å²) in [5, 5.41) is 16.6. The number of aliphatic hydroxyl groups excluding tert-OH is 1. The summed E-state index contributed by atoms with van der Waals surface area (Å²) in [6, 6.07) is -0.614. The van der Waals surface area contributed by atoms with Crippen LogP contribution in [-0.2, 0) is 28.5 Å². The van der Waals surface area contributed by atoms with E-state index in [1.165, 1.54) is 18.1 Å². The highest BCUT2D eigenvalue weighted by Gasteiger charge is 2.58. The number of hydrogen-bond donors (Lipinski definition) is 3. The number of amides is 3. The smallest absolute Gasteiger partial charge is 0.317 e. The fourth-order valence-corrected chi connectivity index (χ4v) is 5.24. The van der Waals surface area contributed by atoms with E-state index < -0.39 is 17.8 Å². The minimum absolute atomic E-state index is 0.00223. The van der Waals surface area contributed by atoms with Crippen molar-refractivity contribution in [2.24, 2.45) is 5.92 Å². The Morgan fingerprint density at radius 1 is 1.20 bits per heavy atom. The molecule has 0 aromatic heterocycles. The molecule has 3 saturated heterocycles. The summed E-state index contributed by atoms with van der Waals surface area (Å²) in [4.78, 5) is 37.4. The Hall–Kier alpha value is -2.73. The highest BCUT2D eigenvalue weighted by Crippen LogP contribution is 2.43.